The Morgan fingerprint density at radius 3 is 2.92 bits per heavy atom. The second-order valence-corrected chi connectivity index (χ2v) is 4.02. The molecule has 0 radical (unpaired) electrons. The summed E-state index contributed by atoms with van der Waals surface area (Å²) in [6, 6.07) is 1.24. The highest BCUT2D eigenvalue weighted by Crippen LogP contribution is 2.17. The second kappa shape index (κ2) is 3.32. The molecule has 2 saturated heterocycles. The van der Waals surface area contributed by atoms with Crippen molar-refractivity contribution in [1.82, 2.24) is 10.2 Å². The molecule has 0 bridgehead atoms. The quantitative estimate of drug-likeness (QED) is 0.602. The van der Waals surface area contributed by atoms with Gasteiger partial charge in [0.25, 0.3) is 0 Å². The molecule has 2 fully saturated rings. The van der Waals surface area contributed by atoms with Gasteiger partial charge in [-0.05, 0) is 13.8 Å². The smallest absolute Gasteiger partial charge is 0.0867 e. The molecule has 0 aliphatic carbocycles. The number of nitrogens with one attached hydrogen (secondary N) is 1. The van der Waals surface area contributed by atoms with Crippen LogP contribution in [0.3, 0.4) is 0 Å². The minimum Gasteiger partial charge on any atom is -0.374 e. The molecule has 70 valence electrons. The molecule has 2 rings (SSSR count). The van der Waals surface area contributed by atoms with Crippen molar-refractivity contribution in [3.63, 3.8) is 0 Å². The number of rotatable bonds is 1. The standard InChI is InChI=1S/C9H18N2O/c1-7(2)11-5-8-9(6-11)12-4-3-10-8/h7-10H,3-6H2,1-2H3/t8-,9+/m0/s1. The van der Waals surface area contributed by atoms with Crippen molar-refractivity contribution < 1.29 is 4.74 Å². The zero-order valence-electron chi connectivity index (χ0n) is 7.92. The number of likely N-dealkylation sites (tertiary alicyclic amines) is 1. The molecular formula is C9H18N2O. The van der Waals surface area contributed by atoms with Gasteiger partial charge < -0.3 is 10.1 Å². The summed E-state index contributed by atoms with van der Waals surface area (Å²) in [4.78, 5) is 2.48. The van der Waals surface area contributed by atoms with Crippen LogP contribution in [0.15, 0.2) is 0 Å². The van der Waals surface area contributed by atoms with Crippen LogP contribution in [-0.2, 0) is 4.74 Å². The molecule has 2 atom stereocenters. The Bertz CT molecular complexity index is 147. The molecule has 0 aromatic carbocycles. The van der Waals surface area contributed by atoms with E-state index >= 15 is 0 Å². The summed E-state index contributed by atoms with van der Waals surface area (Å²) in [7, 11) is 0. The predicted molar refractivity (Wildman–Crippen MR) is 48.2 cm³/mol. The van der Waals surface area contributed by atoms with E-state index in [9.17, 15) is 0 Å². The van der Waals surface area contributed by atoms with Gasteiger partial charge in [0.15, 0.2) is 0 Å². The SMILES string of the molecule is CC(C)N1C[C@@H]2NCCO[C@@H]2C1. The van der Waals surface area contributed by atoms with Crippen LogP contribution in [-0.4, -0.2) is 49.3 Å². The normalized spacial score (nSPS) is 37.2. The van der Waals surface area contributed by atoms with E-state index in [1.54, 1.807) is 0 Å². The highest BCUT2D eigenvalue weighted by atomic mass is 16.5. The molecule has 3 heteroatoms. The van der Waals surface area contributed by atoms with Crippen LogP contribution in [0.25, 0.3) is 0 Å². The maximum Gasteiger partial charge on any atom is 0.0867 e. The van der Waals surface area contributed by atoms with Crippen LogP contribution in [0.1, 0.15) is 13.8 Å². The number of ether oxygens (including phenoxy) is 1. The first-order valence-electron chi connectivity index (χ1n) is 4.86. The highest BCUT2D eigenvalue weighted by molar-refractivity contribution is 4.93. The van der Waals surface area contributed by atoms with Crippen LogP contribution >= 0.6 is 0 Å². The number of morpholine rings is 1. The van der Waals surface area contributed by atoms with E-state index in [-0.39, 0.29) is 0 Å². The van der Waals surface area contributed by atoms with Crippen molar-refractivity contribution >= 4 is 0 Å². The van der Waals surface area contributed by atoms with Gasteiger partial charge in [0.2, 0.25) is 0 Å². The fourth-order valence-electron chi connectivity index (χ4n) is 2.04. The van der Waals surface area contributed by atoms with Crippen LogP contribution in [0.4, 0.5) is 0 Å². The summed E-state index contributed by atoms with van der Waals surface area (Å²) in [6.07, 6.45) is 0.446. The third-order valence-electron chi connectivity index (χ3n) is 2.87. The molecule has 1 N–H and O–H groups in total. The Labute approximate surface area is 74.1 Å². The fraction of sp³-hybridized carbons (Fsp3) is 1.00. The Balaban J connectivity index is 1.94. The molecule has 2 aliphatic rings. The predicted octanol–water partition coefficient (Wildman–Crippen LogP) is 0.0674. The Hall–Kier alpha value is -0.120. The largest absolute Gasteiger partial charge is 0.374 e. The van der Waals surface area contributed by atoms with Gasteiger partial charge >= 0.3 is 0 Å². The van der Waals surface area contributed by atoms with Crippen molar-refractivity contribution in [1.29, 1.82) is 0 Å². The molecule has 0 aromatic rings. The summed E-state index contributed by atoms with van der Waals surface area (Å²) in [5, 5.41) is 3.50. The molecule has 0 saturated carbocycles. The van der Waals surface area contributed by atoms with Crippen molar-refractivity contribution in [2.75, 3.05) is 26.2 Å². The Morgan fingerprint density at radius 1 is 1.42 bits per heavy atom. The first kappa shape index (κ1) is 8.48. The monoisotopic (exact) mass is 170 g/mol. The van der Waals surface area contributed by atoms with Gasteiger partial charge in [-0.25, -0.2) is 0 Å². The molecule has 0 amide bonds. The molecule has 2 aliphatic heterocycles. The van der Waals surface area contributed by atoms with E-state index in [4.69, 9.17) is 4.74 Å². The zero-order valence-corrected chi connectivity index (χ0v) is 7.92. The molecule has 0 unspecified atom stereocenters. The van der Waals surface area contributed by atoms with Gasteiger partial charge in [-0.3, -0.25) is 4.90 Å². The topological polar surface area (TPSA) is 24.5 Å². The summed E-state index contributed by atoms with van der Waals surface area (Å²) in [6.45, 7) is 8.66. The Morgan fingerprint density at radius 2 is 2.25 bits per heavy atom. The average Bonchev–Trinajstić information content (AvgIpc) is 2.46. The first-order chi connectivity index (χ1) is 5.77. The molecule has 0 aromatic heterocycles. The van der Waals surface area contributed by atoms with E-state index in [1.165, 1.54) is 0 Å². The molecular weight excluding hydrogens is 152 g/mol. The van der Waals surface area contributed by atoms with Gasteiger partial charge in [-0.2, -0.15) is 0 Å². The minimum atomic E-state index is 0.446. The lowest BCUT2D eigenvalue weighted by Gasteiger charge is -2.25. The summed E-state index contributed by atoms with van der Waals surface area (Å²) >= 11 is 0. The number of hydrogen-bond acceptors (Lipinski definition) is 3. The second-order valence-electron chi connectivity index (χ2n) is 4.02. The zero-order chi connectivity index (χ0) is 8.55. The minimum absolute atomic E-state index is 0.446. The van der Waals surface area contributed by atoms with E-state index in [0.717, 1.165) is 26.2 Å². The van der Waals surface area contributed by atoms with Gasteiger partial charge in [0.1, 0.15) is 0 Å². The maximum atomic E-state index is 5.68. The maximum absolute atomic E-state index is 5.68. The van der Waals surface area contributed by atoms with Crippen LogP contribution in [0.5, 0.6) is 0 Å². The summed E-state index contributed by atoms with van der Waals surface area (Å²) in [5.41, 5.74) is 0. The Kier molecular flexibility index (Phi) is 2.35. The summed E-state index contributed by atoms with van der Waals surface area (Å²) in [5.74, 6) is 0. The van der Waals surface area contributed by atoms with Crippen molar-refractivity contribution in [2.45, 2.75) is 32.0 Å². The lowest BCUT2D eigenvalue weighted by Crippen LogP contribution is -2.47. The van der Waals surface area contributed by atoms with Crippen molar-refractivity contribution in [3.05, 3.63) is 0 Å². The van der Waals surface area contributed by atoms with E-state index < -0.39 is 0 Å². The molecule has 2 heterocycles. The number of nitrogens with zero attached hydrogens (tertiary/aromatic N) is 1. The molecule has 12 heavy (non-hydrogen) atoms. The van der Waals surface area contributed by atoms with E-state index in [2.05, 4.69) is 24.1 Å². The average molecular weight is 170 g/mol. The van der Waals surface area contributed by atoms with Gasteiger partial charge in [0, 0.05) is 31.7 Å². The van der Waals surface area contributed by atoms with Crippen molar-refractivity contribution in [2.24, 2.45) is 0 Å². The van der Waals surface area contributed by atoms with Gasteiger partial charge in [-0.1, -0.05) is 0 Å². The first-order valence-corrected chi connectivity index (χ1v) is 4.86. The fourth-order valence-corrected chi connectivity index (χ4v) is 2.04. The van der Waals surface area contributed by atoms with Crippen LogP contribution in [0, 0.1) is 0 Å². The van der Waals surface area contributed by atoms with Crippen LogP contribution in [0.2, 0.25) is 0 Å². The third kappa shape index (κ3) is 1.49. The summed E-state index contributed by atoms with van der Waals surface area (Å²) < 4.78 is 5.68. The van der Waals surface area contributed by atoms with E-state index in [1.807, 2.05) is 0 Å². The van der Waals surface area contributed by atoms with Crippen LogP contribution < -0.4 is 5.32 Å². The lowest BCUT2D eigenvalue weighted by molar-refractivity contribution is 0.0169. The molecule has 3 nitrogen and oxygen atoms in total. The van der Waals surface area contributed by atoms with Gasteiger partial charge in [-0.15, -0.1) is 0 Å². The third-order valence-corrected chi connectivity index (χ3v) is 2.87. The van der Waals surface area contributed by atoms with Crippen molar-refractivity contribution in [3.8, 4) is 0 Å². The highest BCUT2D eigenvalue weighted by Gasteiger charge is 2.35. The molecule has 0 spiro atoms. The van der Waals surface area contributed by atoms with Gasteiger partial charge in [0.05, 0.1) is 12.7 Å². The number of fused-ring (bicyclic) bond motifs is 1. The van der Waals surface area contributed by atoms with E-state index in [0.29, 0.717) is 18.2 Å². The number of hydrogen-bond donors (Lipinski definition) is 1. The lowest BCUT2D eigenvalue weighted by atomic mass is 10.2.